The van der Waals surface area contributed by atoms with Crippen LogP contribution in [0.1, 0.15) is 16.8 Å². The van der Waals surface area contributed by atoms with Crippen LogP contribution in [0.3, 0.4) is 0 Å². The van der Waals surface area contributed by atoms with Crippen molar-refractivity contribution in [1.82, 2.24) is 4.90 Å². The molecule has 7 heteroatoms. The first-order chi connectivity index (χ1) is 8.47. The molecule has 0 radical (unpaired) electrons. The lowest BCUT2D eigenvalue weighted by molar-refractivity contribution is -0.384. The average molecular weight is 268 g/mol. The summed E-state index contributed by atoms with van der Waals surface area (Å²) in [6.45, 7) is 0.280. The van der Waals surface area contributed by atoms with E-state index in [0.29, 0.717) is 0 Å². The molecular formula is C11H10ClN3O3. The fraction of sp³-hybridized carbons (Fsp3) is 0.273. The van der Waals surface area contributed by atoms with Crippen LogP contribution in [0.4, 0.5) is 5.69 Å². The molecular weight excluding hydrogens is 258 g/mol. The van der Waals surface area contributed by atoms with E-state index in [0.717, 1.165) is 6.07 Å². The van der Waals surface area contributed by atoms with Crippen LogP contribution in [-0.4, -0.2) is 29.3 Å². The van der Waals surface area contributed by atoms with E-state index in [2.05, 4.69) is 0 Å². The lowest BCUT2D eigenvalue weighted by Gasteiger charge is -2.15. The molecule has 0 bridgehead atoms. The van der Waals surface area contributed by atoms with E-state index < -0.39 is 4.92 Å². The molecule has 1 aromatic rings. The Labute approximate surface area is 109 Å². The lowest BCUT2D eigenvalue weighted by Crippen LogP contribution is -2.27. The maximum Gasteiger partial charge on any atom is 0.270 e. The number of nitrogens with zero attached hydrogens (tertiary/aromatic N) is 3. The van der Waals surface area contributed by atoms with Gasteiger partial charge in [0.25, 0.3) is 11.6 Å². The van der Waals surface area contributed by atoms with Crippen LogP contribution in [0.25, 0.3) is 0 Å². The first-order valence-electron chi connectivity index (χ1n) is 5.03. The van der Waals surface area contributed by atoms with Gasteiger partial charge in [0, 0.05) is 25.7 Å². The molecule has 1 rings (SSSR count). The van der Waals surface area contributed by atoms with Crippen LogP contribution in [0.5, 0.6) is 0 Å². The highest BCUT2D eigenvalue weighted by atomic mass is 35.5. The highest BCUT2D eigenvalue weighted by Crippen LogP contribution is 2.23. The van der Waals surface area contributed by atoms with Crippen molar-refractivity contribution in [3.05, 3.63) is 38.9 Å². The van der Waals surface area contributed by atoms with Gasteiger partial charge in [-0.05, 0) is 6.07 Å². The second-order valence-corrected chi connectivity index (χ2v) is 3.96. The maximum atomic E-state index is 11.9. The molecule has 0 heterocycles. The molecule has 0 unspecified atom stereocenters. The van der Waals surface area contributed by atoms with E-state index in [9.17, 15) is 14.9 Å². The molecule has 0 fully saturated rings. The molecule has 1 aromatic carbocycles. The molecule has 0 N–H and O–H groups in total. The number of halogens is 1. The molecule has 0 aliphatic rings. The van der Waals surface area contributed by atoms with E-state index in [1.54, 1.807) is 0 Å². The molecule has 0 aliphatic heterocycles. The van der Waals surface area contributed by atoms with Gasteiger partial charge in [-0.25, -0.2) is 0 Å². The number of carbonyl (C=O) groups excluding carboxylic acids is 1. The third-order valence-corrected chi connectivity index (χ3v) is 2.61. The van der Waals surface area contributed by atoms with Crippen LogP contribution in [-0.2, 0) is 0 Å². The standard InChI is InChI=1S/C11H10ClN3O3/c1-14(6-2-5-13)11(16)9-4-3-8(15(17)18)7-10(9)12/h3-4,7H,2,6H2,1H3. The van der Waals surface area contributed by atoms with E-state index in [1.165, 1.54) is 24.1 Å². The van der Waals surface area contributed by atoms with Crippen LogP contribution in [0, 0.1) is 21.4 Å². The third-order valence-electron chi connectivity index (χ3n) is 2.30. The number of hydrogen-bond acceptors (Lipinski definition) is 4. The Morgan fingerprint density at radius 3 is 2.78 bits per heavy atom. The number of carbonyl (C=O) groups is 1. The van der Waals surface area contributed by atoms with Gasteiger partial charge in [-0.2, -0.15) is 5.26 Å². The summed E-state index contributed by atoms with van der Waals surface area (Å²) in [4.78, 5) is 23.2. The van der Waals surface area contributed by atoms with E-state index in [-0.39, 0.29) is 35.1 Å². The summed E-state index contributed by atoms with van der Waals surface area (Å²) in [5, 5.41) is 19.0. The molecule has 0 saturated carbocycles. The van der Waals surface area contributed by atoms with Crippen LogP contribution >= 0.6 is 11.6 Å². The molecule has 0 spiro atoms. The van der Waals surface area contributed by atoms with E-state index in [1.807, 2.05) is 6.07 Å². The molecule has 0 atom stereocenters. The second-order valence-electron chi connectivity index (χ2n) is 3.56. The number of nitriles is 1. The molecule has 6 nitrogen and oxygen atoms in total. The molecule has 0 aliphatic carbocycles. The van der Waals surface area contributed by atoms with Crippen molar-refractivity contribution in [1.29, 1.82) is 5.26 Å². The average Bonchev–Trinajstić information content (AvgIpc) is 2.34. The fourth-order valence-electron chi connectivity index (χ4n) is 1.32. The summed E-state index contributed by atoms with van der Waals surface area (Å²) in [5.74, 6) is -0.370. The van der Waals surface area contributed by atoms with Gasteiger partial charge in [-0.1, -0.05) is 11.6 Å². The number of benzene rings is 1. The first-order valence-corrected chi connectivity index (χ1v) is 5.41. The fourth-order valence-corrected chi connectivity index (χ4v) is 1.57. The van der Waals surface area contributed by atoms with Crippen molar-refractivity contribution >= 4 is 23.2 Å². The molecule has 0 saturated heterocycles. The van der Waals surface area contributed by atoms with Crippen LogP contribution in [0.2, 0.25) is 5.02 Å². The van der Waals surface area contributed by atoms with Gasteiger partial charge >= 0.3 is 0 Å². The zero-order chi connectivity index (χ0) is 13.7. The summed E-state index contributed by atoms with van der Waals surface area (Å²) in [7, 11) is 1.54. The predicted molar refractivity (Wildman–Crippen MR) is 65.3 cm³/mol. The highest BCUT2D eigenvalue weighted by Gasteiger charge is 2.17. The largest absolute Gasteiger partial charge is 0.341 e. The predicted octanol–water partition coefficient (Wildman–Crippen LogP) is 2.23. The zero-order valence-electron chi connectivity index (χ0n) is 9.59. The zero-order valence-corrected chi connectivity index (χ0v) is 10.3. The minimum Gasteiger partial charge on any atom is -0.341 e. The Morgan fingerprint density at radius 2 is 2.28 bits per heavy atom. The number of hydrogen-bond donors (Lipinski definition) is 0. The third kappa shape index (κ3) is 3.18. The van der Waals surface area contributed by atoms with Crippen molar-refractivity contribution in [3.63, 3.8) is 0 Å². The van der Waals surface area contributed by atoms with E-state index >= 15 is 0 Å². The number of non-ortho nitro benzene ring substituents is 1. The minimum absolute atomic E-state index is 0.0259. The van der Waals surface area contributed by atoms with Gasteiger partial charge < -0.3 is 4.90 Å². The summed E-state index contributed by atoms with van der Waals surface area (Å²) in [6, 6.07) is 5.59. The summed E-state index contributed by atoms with van der Waals surface area (Å²) >= 11 is 5.83. The van der Waals surface area contributed by atoms with Crippen molar-refractivity contribution in [2.24, 2.45) is 0 Å². The SMILES string of the molecule is CN(CCC#N)C(=O)c1ccc([N+](=O)[O-])cc1Cl. The number of nitro groups is 1. The first kappa shape index (κ1) is 13.9. The van der Waals surface area contributed by atoms with Gasteiger partial charge in [0.2, 0.25) is 0 Å². The Bertz CT molecular complexity index is 525. The second kappa shape index (κ2) is 5.98. The van der Waals surface area contributed by atoms with Crippen molar-refractivity contribution in [2.45, 2.75) is 6.42 Å². The Hall–Kier alpha value is -2.13. The molecule has 94 valence electrons. The quantitative estimate of drug-likeness (QED) is 0.618. The summed E-state index contributed by atoms with van der Waals surface area (Å²) in [6.07, 6.45) is 0.215. The summed E-state index contributed by atoms with van der Waals surface area (Å²) in [5.41, 5.74) is 0.0129. The van der Waals surface area contributed by atoms with Gasteiger partial charge in [0.15, 0.2) is 0 Å². The minimum atomic E-state index is -0.584. The number of amides is 1. The molecule has 0 aromatic heterocycles. The van der Waals surface area contributed by atoms with Crippen molar-refractivity contribution in [3.8, 4) is 6.07 Å². The number of nitro benzene ring substituents is 1. The van der Waals surface area contributed by atoms with Gasteiger partial charge in [-0.3, -0.25) is 14.9 Å². The Morgan fingerprint density at radius 1 is 1.61 bits per heavy atom. The van der Waals surface area contributed by atoms with Gasteiger partial charge in [0.1, 0.15) is 0 Å². The normalized spacial score (nSPS) is 9.61. The smallest absolute Gasteiger partial charge is 0.270 e. The monoisotopic (exact) mass is 267 g/mol. The Kier molecular flexibility index (Phi) is 4.63. The van der Waals surface area contributed by atoms with Crippen molar-refractivity contribution < 1.29 is 9.72 Å². The topological polar surface area (TPSA) is 87.2 Å². The molecule has 18 heavy (non-hydrogen) atoms. The van der Waals surface area contributed by atoms with Crippen LogP contribution in [0.15, 0.2) is 18.2 Å². The maximum absolute atomic E-state index is 11.9. The van der Waals surface area contributed by atoms with Gasteiger partial charge in [0.05, 0.1) is 28.0 Å². The van der Waals surface area contributed by atoms with Crippen molar-refractivity contribution in [2.75, 3.05) is 13.6 Å². The highest BCUT2D eigenvalue weighted by molar-refractivity contribution is 6.34. The number of rotatable bonds is 4. The Balaban J connectivity index is 2.94. The van der Waals surface area contributed by atoms with E-state index in [4.69, 9.17) is 16.9 Å². The lowest BCUT2D eigenvalue weighted by atomic mass is 10.2. The van der Waals surface area contributed by atoms with Gasteiger partial charge in [-0.15, -0.1) is 0 Å². The van der Waals surface area contributed by atoms with Crippen LogP contribution < -0.4 is 0 Å². The summed E-state index contributed by atoms with van der Waals surface area (Å²) < 4.78 is 0. The molecule has 1 amide bonds.